The van der Waals surface area contributed by atoms with Crippen molar-refractivity contribution in [3.63, 3.8) is 0 Å². The highest BCUT2D eigenvalue weighted by atomic mass is 19.1. The van der Waals surface area contributed by atoms with Crippen molar-refractivity contribution in [3.8, 4) is 0 Å². The first kappa shape index (κ1) is 14.0. The van der Waals surface area contributed by atoms with Crippen molar-refractivity contribution in [2.75, 3.05) is 6.54 Å². The first-order valence-corrected chi connectivity index (χ1v) is 7.77. The van der Waals surface area contributed by atoms with Gasteiger partial charge in [-0.15, -0.1) is 0 Å². The zero-order chi connectivity index (χ0) is 16.0. The van der Waals surface area contributed by atoms with Crippen LogP contribution in [0, 0.1) is 12.7 Å². The summed E-state index contributed by atoms with van der Waals surface area (Å²) >= 11 is 0. The molecule has 0 bridgehead atoms. The predicted octanol–water partition coefficient (Wildman–Crippen LogP) is 3.81. The quantitative estimate of drug-likeness (QED) is 0.729. The molecule has 116 valence electrons. The highest BCUT2D eigenvalue weighted by Gasteiger charge is 2.24. The topological polar surface area (TPSA) is 36.1 Å². The molecule has 2 aromatic carbocycles. The van der Waals surface area contributed by atoms with E-state index in [0.29, 0.717) is 13.1 Å². The van der Waals surface area contributed by atoms with Gasteiger partial charge in [0.1, 0.15) is 5.82 Å². The number of benzene rings is 2. The number of nitrogens with one attached hydrogen (secondary N) is 1. The number of halogens is 1. The zero-order valence-corrected chi connectivity index (χ0v) is 12.9. The van der Waals surface area contributed by atoms with Gasteiger partial charge in [-0.3, -0.25) is 4.79 Å². The molecule has 0 atom stereocenters. The third kappa shape index (κ3) is 2.40. The molecule has 0 unspecified atom stereocenters. The molecule has 4 rings (SSSR count). The first-order chi connectivity index (χ1) is 11.1. The smallest absolute Gasteiger partial charge is 0.254 e. The maximum absolute atomic E-state index is 13.4. The fraction of sp³-hybridized carbons (Fsp3) is 0.211. The molecule has 1 N–H and O–H groups in total. The number of fused-ring (bicyclic) bond motifs is 3. The van der Waals surface area contributed by atoms with Crippen LogP contribution >= 0.6 is 0 Å². The molecule has 1 aromatic heterocycles. The van der Waals surface area contributed by atoms with Crippen molar-refractivity contribution >= 4 is 16.8 Å². The summed E-state index contributed by atoms with van der Waals surface area (Å²) in [6.07, 6.45) is 0.767. The van der Waals surface area contributed by atoms with Gasteiger partial charge in [0.05, 0.1) is 0 Å². The molecule has 23 heavy (non-hydrogen) atoms. The van der Waals surface area contributed by atoms with Gasteiger partial charge >= 0.3 is 0 Å². The van der Waals surface area contributed by atoms with Gasteiger partial charge in [-0.05, 0) is 37.3 Å². The average Bonchev–Trinajstić information content (AvgIpc) is 2.90. The van der Waals surface area contributed by atoms with E-state index in [4.69, 9.17) is 0 Å². The minimum absolute atomic E-state index is 0.0517. The summed E-state index contributed by atoms with van der Waals surface area (Å²) in [5.41, 5.74) is 4.82. The van der Waals surface area contributed by atoms with Crippen molar-refractivity contribution < 1.29 is 9.18 Å². The van der Waals surface area contributed by atoms with Crippen molar-refractivity contribution in [2.45, 2.75) is 19.9 Å². The lowest BCUT2D eigenvalue weighted by Gasteiger charge is -2.27. The van der Waals surface area contributed by atoms with E-state index in [0.717, 1.165) is 39.7 Å². The number of aromatic nitrogens is 1. The number of hydrogen-bond acceptors (Lipinski definition) is 1. The fourth-order valence-corrected chi connectivity index (χ4v) is 3.33. The second-order valence-electron chi connectivity index (χ2n) is 6.12. The summed E-state index contributed by atoms with van der Waals surface area (Å²) in [6, 6.07) is 12.4. The van der Waals surface area contributed by atoms with Gasteiger partial charge in [0.25, 0.3) is 5.91 Å². The van der Waals surface area contributed by atoms with Crippen LogP contribution in [0.15, 0.2) is 42.5 Å². The van der Waals surface area contributed by atoms with Gasteiger partial charge in [-0.1, -0.05) is 17.7 Å². The molecule has 1 aliphatic rings. The molecule has 3 aromatic rings. The summed E-state index contributed by atoms with van der Waals surface area (Å²) in [5.74, 6) is -0.195. The summed E-state index contributed by atoms with van der Waals surface area (Å²) in [7, 11) is 0. The summed E-state index contributed by atoms with van der Waals surface area (Å²) in [4.78, 5) is 17.9. The normalized spacial score (nSPS) is 14.1. The van der Waals surface area contributed by atoms with Crippen LogP contribution in [-0.4, -0.2) is 22.3 Å². The number of rotatable bonds is 1. The fourth-order valence-electron chi connectivity index (χ4n) is 3.33. The predicted molar refractivity (Wildman–Crippen MR) is 87.9 cm³/mol. The zero-order valence-electron chi connectivity index (χ0n) is 12.9. The average molecular weight is 308 g/mol. The van der Waals surface area contributed by atoms with Gasteiger partial charge in [0.15, 0.2) is 0 Å². The van der Waals surface area contributed by atoms with E-state index in [1.54, 1.807) is 6.07 Å². The third-order valence-electron chi connectivity index (χ3n) is 4.49. The molecular formula is C19H17FN2O. The Morgan fingerprint density at radius 1 is 1.22 bits per heavy atom. The Morgan fingerprint density at radius 3 is 2.91 bits per heavy atom. The van der Waals surface area contributed by atoms with Crippen molar-refractivity contribution in [1.82, 2.24) is 9.88 Å². The van der Waals surface area contributed by atoms with E-state index in [2.05, 4.69) is 4.98 Å². The van der Waals surface area contributed by atoms with Crippen LogP contribution in [0.4, 0.5) is 4.39 Å². The van der Waals surface area contributed by atoms with Crippen LogP contribution in [0.5, 0.6) is 0 Å². The number of aromatic amines is 1. The molecule has 0 saturated heterocycles. The highest BCUT2D eigenvalue weighted by molar-refractivity contribution is 5.95. The number of carbonyl (C=O) groups is 1. The van der Waals surface area contributed by atoms with Crippen LogP contribution in [-0.2, 0) is 13.0 Å². The van der Waals surface area contributed by atoms with E-state index < -0.39 is 0 Å². The van der Waals surface area contributed by atoms with Gasteiger partial charge in [0.2, 0.25) is 0 Å². The molecule has 2 heterocycles. The van der Waals surface area contributed by atoms with Crippen LogP contribution in [0.2, 0.25) is 0 Å². The van der Waals surface area contributed by atoms with Crippen LogP contribution in [0.1, 0.15) is 27.2 Å². The molecule has 0 saturated carbocycles. The number of H-pyrrole nitrogens is 1. The summed E-state index contributed by atoms with van der Waals surface area (Å²) in [6.45, 7) is 3.22. The van der Waals surface area contributed by atoms with Crippen LogP contribution < -0.4 is 0 Å². The van der Waals surface area contributed by atoms with E-state index in [9.17, 15) is 9.18 Å². The lowest BCUT2D eigenvalue weighted by atomic mass is 10.0. The van der Waals surface area contributed by atoms with Gasteiger partial charge in [0, 0.05) is 47.2 Å². The van der Waals surface area contributed by atoms with Gasteiger partial charge in [-0.25, -0.2) is 4.39 Å². The van der Waals surface area contributed by atoms with Crippen molar-refractivity contribution in [2.24, 2.45) is 0 Å². The van der Waals surface area contributed by atoms with Gasteiger partial charge < -0.3 is 9.88 Å². The van der Waals surface area contributed by atoms with E-state index in [1.165, 1.54) is 12.1 Å². The standard InChI is InChI=1S/C19H17FN2O/c1-12-3-2-4-13(9-12)19(23)22-8-7-17-16(11-22)15-6-5-14(20)10-18(15)21-17/h2-6,9-10,21H,7-8,11H2,1H3. The first-order valence-electron chi connectivity index (χ1n) is 7.77. The maximum atomic E-state index is 13.4. The SMILES string of the molecule is Cc1cccc(C(=O)N2CCc3[nH]c4cc(F)ccc4c3C2)c1. The summed E-state index contributed by atoms with van der Waals surface area (Å²) < 4.78 is 13.4. The van der Waals surface area contributed by atoms with Crippen molar-refractivity contribution in [3.05, 3.63) is 70.7 Å². The minimum Gasteiger partial charge on any atom is -0.358 e. The lowest BCUT2D eigenvalue weighted by molar-refractivity contribution is 0.0735. The third-order valence-corrected chi connectivity index (χ3v) is 4.49. The minimum atomic E-state index is -0.246. The lowest BCUT2D eigenvalue weighted by Crippen LogP contribution is -2.35. The van der Waals surface area contributed by atoms with Crippen LogP contribution in [0.3, 0.4) is 0 Å². The number of aryl methyl sites for hydroxylation is 1. The second-order valence-corrected chi connectivity index (χ2v) is 6.12. The molecule has 0 aliphatic carbocycles. The van der Waals surface area contributed by atoms with Crippen LogP contribution in [0.25, 0.3) is 10.9 Å². The Morgan fingerprint density at radius 2 is 2.09 bits per heavy atom. The number of amides is 1. The molecule has 0 spiro atoms. The Bertz CT molecular complexity index is 913. The Labute approximate surface area is 133 Å². The summed E-state index contributed by atoms with van der Waals surface area (Å²) in [5, 5.41) is 1.00. The Hall–Kier alpha value is -2.62. The molecule has 1 aliphatic heterocycles. The number of nitrogens with zero attached hydrogens (tertiary/aromatic N) is 1. The van der Waals surface area contributed by atoms with Crippen molar-refractivity contribution in [1.29, 1.82) is 0 Å². The molecular weight excluding hydrogens is 291 g/mol. The monoisotopic (exact) mass is 308 g/mol. The maximum Gasteiger partial charge on any atom is 0.254 e. The number of carbonyl (C=O) groups excluding carboxylic acids is 1. The Balaban J connectivity index is 1.68. The Kier molecular flexibility index (Phi) is 3.18. The number of hydrogen-bond donors (Lipinski definition) is 1. The van der Waals surface area contributed by atoms with Gasteiger partial charge in [-0.2, -0.15) is 0 Å². The molecule has 0 radical (unpaired) electrons. The van der Waals surface area contributed by atoms with E-state index in [1.807, 2.05) is 36.1 Å². The molecule has 0 fully saturated rings. The second kappa shape index (κ2) is 5.23. The molecule has 1 amide bonds. The van der Waals surface area contributed by atoms with E-state index in [-0.39, 0.29) is 11.7 Å². The molecule has 3 nitrogen and oxygen atoms in total. The van der Waals surface area contributed by atoms with E-state index >= 15 is 0 Å². The highest BCUT2D eigenvalue weighted by Crippen LogP contribution is 2.29. The largest absolute Gasteiger partial charge is 0.358 e. The molecule has 4 heteroatoms.